The Balaban J connectivity index is 1.86. The molecule has 0 fully saturated rings. The zero-order valence-corrected chi connectivity index (χ0v) is 12.5. The number of nitrogens with zero attached hydrogens (tertiary/aromatic N) is 2. The number of fused-ring (bicyclic) bond motifs is 1. The number of amides is 1. The number of anilines is 1. The van der Waals surface area contributed by atoms with Crippen molar-refractivity contribution in [3.05, 3.63) is 77.8 Å². The average Bonchev–Trinajstić information content (AvgIpc) is 3.01. The molecule has 2 heterocycles. The van der Waals surface area contributed by atoms with Crippen molar-refractivity contribution in [2.45, 2.75) is 12.3 Å². The molecule has 1 N–H and O–H groups in total. The minimum absolute atomic E-state index is 0.0270. The van der Waals surface area contributed by atoms with Crippen LogP contribution in [0.2, 0.25) is 0 Å². The van der Waals surface area contributed by atoms with Crippen LogP contribution in [0.25, 0.3) is 5.69 Å². The lowest BCUT2D eigenvalue weighted by molar-refractivity contribution is -0.116. The van der Waals surface area contributed by atoms with Crippen molar-refractivity contribution in [1.29, 1.82) is 0 Å². The molecule has 0 saturated carbocycles. The Labute approximate surface area is 136 Å². The number of hydrogen-bond donors (Lipinski definition) is 1. The lowest BCUT2D eigenvalue weighted by atomic mass is 9.89. The summed E-state index contributed by atoms with van der Waals surface area (Å²) in [5.74, 6) is -1.47. The number of hydrogen-bond acceptors (Lipinski definition) is 2. The Hall–Kier alpha value is -3.02. The number of carbonyl (C=O) groups is 1. The summed E-state index contributed by atoms with van der Waals surface area (Å²) in [6.45, 7) is 0. The van der Waals surface area contributed by atoms with Crippen LogP contribution in [0, 0.1) is 11.6 Å². The van der Waals surface area contributed by atoms with Gasteiger partial charge in [-0.05, 0) is 30.3 Å². The van der Waals surface area contributed by atoms with E-state index in [0.29, 0.717) is 11.5 Å². The smallest absolute Gasteiger partial charge is 0.226 e. The van der Waals surface area contributed by atoms with Crippen LogP contribution in [0.5, 0.6) is 0 Å². The molecule has 3 aromatic rings. The fraction of sp³-hybridized carbons (Fsp3) is 0.111. The predicted octanol–water partition coefficient (Wildman–Crippen LogP) is 3.62. The summed E-state index contributed by atoms with van der Waals surface area (Å²) in [6.07, 6.45) is 1.61. The zero-order valence-electron chi connectivity index (χ0n) is 12.5. The van der Waals surface area contributed by atoms with Gasteiger partial charge in [0.1, 0.15) is 23.8 Å². The van der Waals surface area contributed by atoms with Gasteiger partial charge in [0.15, 0.2) is 0 Å². The van der Waals surface area contributed by atoms with E-state index in [9.17, 15) is 13.6 Å². The third kappa shape index (κ3) is 2.36. The Morgan fingerprint density at radius 1 is 1.12 bits per heavy atom. The second-order valence-corrected chi connectivity index (χ2v) is 5.65. The Bertz CT molecular complexity index is 921. The number of nitrogens with one attached hydrogen (secondary N) is 1. The molecule has 1 aromatic heterocycles. The van der Waals surface area contributed by atoms with E-state index in [0.717, 1.165) is 23.9 Å². The Kier molecular flexibility index (Phi) is 3.37. The number of carbonyl (C=O) groups excluding carboxylic acids is 1. The van der Waals surface area contributed by atoms with E-state index in [4.69, 9.17) is 0 Å². The lowest BCUT2D eigenvalue weighted by Gasteiger charge is -2.23. The summed E-state index contributed by atoms with van der Waals surface area (Å²) in [5.41, 5.74) is 1.50. The van der Waals surface area contributed by atoms with Gasteiger partial charge in [-0.15, -0.1) is 0 Å². The van der Waals surface area contributed by atoms with Crippen LogP contribution >= 0.6 is 0 Å². The molecule has 1 amide bonds. The van der Waals surface area contributed by atoms with Crippen LogP contribution < -0.4 is 5.32 Å². The van der Waals surface area contributed by atoms with Gasteiger partial charge in [-0.25, -0.2) is 13.8 Å². The van der Waals surface area contributed by atoms with Crippen molar-refractivity contribution in [3.8, 4) is 5.69 Å². The highest BCUT2D eigenvalue weighted by Gasteiger charge is 2.32. The molecule has 24 heavy (non-hydrogen) atoms. The Morgan fingerprint density at radius 2 is 1.92 bits per heavy atom. The first-order chi connectivity index (χ1) is 11.6. The molecule has 1 aliphatic rings. The van der Waals surface area contributed by atoms with Crippen LogP contribution in [0.1, 0.15) is 23.6 Å². The molecule has 1 atom stereocenters. The van der Waals surface area contributed by atoms with Crippen molar-refractivity contribution in [2.24, 2.45) is 0 Å². The fourth-order valence-electron chi connectivity index (χ4n) is 3.03. The number of benzene rings is 2. The van der Waals surface area contributed by atoms with Crippen molar-refractivity contribution in [1.82, 2.24) is 9.55 Å². The molecular weight excluding hydrogens is 312 g/mol. The molecular formula is C18H13F2N3O. The summed E-state index contributed by atoms with van der Waals surface area (Å²) < 4.78 is 29.5. The quantitative estimate of drug-likeness (QED) is 0.782. The third-order valence-corrected chi connectivity index (χ3v) is 4.14. The molecule has 4 nitrogen and oxygen atoms in total. The minimum Gasteiger partial charge on any atom is -0.310 e. The molecule has 1 aliphatic heterocycles. The summed E-state index contributed by atoms with van der Waals surface area (Å²) in [7, 11) is 0. The maximum absolute atomic E-state index is 14.2. The van der Waals surface area contributed by atoms with Gasteiger partial charge in [-0.2, -0.15) is 0 Å². The van der Waals surface area contributed by atoms with Crippen molar-refractivity contribution in [2.75, 3.05) is 5.32 Å². The molecule has 1 unspecified atom stereocenters. The average molecular weight is 325 g/mol. The van der Waals surface area contributed by atoms with E-state index in [1.165, 1.54) is 0 Å². The highest BCUT2D eigenvalue weighted by molar-refractivity contribution is 5.94. The van der Waals surface area contributed by atoms with Crippen LogP contribution in [0.15, 0.2) is 54.9 Å². The number of rotatable bonds is 2. The fourth-order valence-corrected chi connectivity index (χ4v) is 3.03. The predicted molar refractivity (Wildman–Crippen MR) is 85.0 cm³/mol. The molecule has 6 heteroatoms. The molecule has 0 spiro atoms. The summed E-state index contributed by atoms with van der Waals surface area (Å²) >= 11 is 0. The SMILES string of the molecule is O=C1CC(c2cc(F)ccc2F)c2ncn(-c3ccccc3)c2N1. The van der Waals surface area contributed by atoms with E-state index < -0.39 is 17.6 Å². The summed E-state index contributed by atoms with van der Waals surface area (Å²) in [5, 5.41) is 2.79. The molecule has 0 radical (unpaired) electrons. The van der Waals surface area contributed by atoms with Crippen molar-refractivity contribution < 1.29 is 13.6 Å². The zero-order chi connectivity index (χ0) is 16.7. The number of imidazole rings is 1. The topological polar surface area (TPSA) is 46.9 Å². The van der Waals surface area contributed by atoms with Crippen LogP contribution in [-0.2, 0) is 4.79 Å². The normalized spacial score (nSPS) is 16.6. The standard InChI is InChI=1S/C18H13F2N3O/c19-11-6-7-15(20)13(8-11)14-9-16(24)22-18-17(14)21-10-23(18)12-4-2-1-3-5-12/h1-8,10,14H,9H2,(H,22,24). The molecule has 0 aliphatic carbocycles. The first kappa shape index (κ1) is 14.6. The molecule has 4 rings (SSSR count). The van der Waals surface area contributed by atoms with Gasteiger partial charge in [-0.3, -0.25) is 9.36 Å². The van der Waals surface area contributed by atoms with E-state index in [1.807, 2.05) is 30.3 Å². The van der Waals surface area contributed by atoms with Gasteiger partial charge in [0, 0.05) is 23.6 Å². The van der Waals surface area contributed by atoms with E-state index >= 15 is 0 Å². The van der Waals surface area contributed by atoms with Gasteiger partial charge in [0.05, 0.1) is 5.69 Å². The third-order valence-electron chi connectivity index (χ3n) is 4.14. The van der Waals surface area contributed by atoms with Gasteiger partial charge in [-0.1, -0.05) is 18.2 Å². The molecule has 0 saturated heterocycles. The van der Waals surface area contributed by atoms with E-state index in [-0.39, 0.29) is 17.9 Å². The van der Waals surface area contributed by atoms with Crippen LogP contribution in [0.4, 0.5) is 14.6 Å². The Morgan fingerprint density at radius 3 is 2.71 bits per heavy atom. The highest BCUT2D eigenvalue weighted by Crippen LogP contribution is 2.38. The maximum Gasteiger partial charge on any atom is 0.226 e. The van der Waals surface area contributed by atoms with Crippen LogP contribution in [-0.4, -0.2) is 15.5 Å². The van der Waals surface area contributed by atoms with Crippen molar-refractivity contribution >= 4 is 11.7 Å². The maximum atomic E-state index is 14.2. The van der Waals surface area contributed by atoms with Crippen LogP contribution in [0.3, 0.4) is 0 Å². The molecule has 0 bridgehead atoms. The van der Waals surface area contributed by atoms with Gasteiger partial charge in [0.25, 0.3) is 0 Å². The monoisotopic (exact) mass is 325 g/mol. The van der Waals surface area contributed by atoms with Gasteiger partial charge >= 0.3 is 0 Å². The van der Waals surface area contributed by atoms with Crippen molar-refractivity contribution in [3.63, 3.8) is 0 Å². The first-order valence-corrected chi connectivity index (χ1v) is 7.51. The lowest BCUT2D eigenvalue weighted by Crippen LogP contribution is -2.25. The van der Waals surface area contributed by atoms with Gasteiger partial charge < -0.3 is 5.32 Å². The van der Waals surface area contributed by atoms with E-state index in [2.05, 4.69) is 10.3 Å². The first-order valence-electron chi connectivity index (χ1n) is 7.51. The molecule has 120 valence electrons. The molecule has 2 aromatic carbocycles. The minimum atomic E-state index is -0.616. The number of aromatic nitrogens is 2. The largest absolute Gasteiger partial charge is 0.310 e. The van der Waals surface area contributed by atoms with Gasteiger partial charge in [0.2, 0.25) is 5.91 Å². The van der Waals surface area contributed by atoms with E-state index in [1.54, 1.807) is 10.9 Å². The second kappa shape index (κ2) is 5.56. The summed E-state index contributed by atoms with van der Waals surface area (Å²) in [4.78, 5) is 16.5. The second-order valence-electron chi connectivity index (χ2n) is 5.65. The highest BCUT2D eigenvalue weighted by atomic mass is 19.1. The number of halogens is 2. The number of para-hydroxylation sites is 1. The summed E-state index contributed by atoms with van der Waals surface area (Å²) in [6, 6.07) is 12.6.